The molecule has 3 aromatic rings. The molecule has 0 aliphatic heterocycles. The summed E-state index contributed by atoms with van der Waals surface area (Å²) < 4.78 is 7.27. The Kier molecular flexibility index (Phi) is 5.14. The van der Waals surface area contributed by atoms with Crippen molar-refractivity contribution in [3.05, 3.63) is 65.9 Å². The first-order valence-corrected chi connectivity index (χ1v) is 8.22. The maximum absolute atomic E-state index is 12.3. The monoisotopic (exact) mass is 336 g/mol. The van der Waals surface area contributed by atoms with Gasteiger partial charge in [-0.1, -0.05) is 30.3 Å². The second-order valence-electron chi connectivity index (χ2n) is 5.70. The van der Waals surface area contributed by atoms with Crippen molar-refractivity contribution in [2.75, 3.05) is 6.61 Å². The summed E-state index contributed by atoms with van der Waals surface area (Å²) >= 11 is 0. The average Bonchev–Trinajstić information content (AvgIpc) is 2.98. The number of carbonyl (C=O) groups is 2. The molecule has 1 heterocycles. The zero-order valence-corrected chi connectivity index (χ0v) is 14.1. The lowest BCUT2D eigenvalue weighted by atomic mass is 10.2. The molecule has 1 amide bonds. The molecular weight excluding hydrogens is 316 g/mol. The van der Waals surface area contributed by atoms with E-state index in [2.05, 4.69) is 5.32 Å². The van der Waals surface area contributed by atoms with Crippen LogP contribution < -0.4 is 10.1 Å². The summed E-state index contributed by atoms with van der Waals surface area (Å²) in [6.07, 6.45) is 2.51. The smallest absolute Gasteiger partial charge is 0.240 e. The summed E-state index contributed by atoms with van der Waals surface area (Å²) in [4.78, 5) is 23.6. The molecule has 0 saturated heterocycles. The molecule has 1 aromatic heterocycles. The molecule has 0 aliphatic rings. The Morgan fingerprint density at radius 1 is 1.20 bits per heavy atom. The molecule has 5 nitrogen and oxygen atoms in total. The molecule has 1 N–H and O–H groups in total. The second kappa shape index (κ2) is 7.66. The molecule has 0 aliphatic carbocycles. The fourth-order valence-electron chi connectivity index (χ4n) is 2.79. The van der Waals surface area contributed by atoms with Crippen LogP contribution in [0, 0.1) is 0 Å². The van der Waals surface area contributed by atoms with Crippen molar-refractivity contribution in [1.29, 1.82) is 0 Å². The van der Waals surface area contributed by atoms with E-state index in [1.54, 1.807) is 10.8 Å². The molecule has 0 spiro atoms. The largest absolute Gasteiger partial charge is 0.494 e. The lowest BCUT2D eigenvalue weighted by Crippen LogP contribution is -2.26. The minimum absolute atomic E-state index is 0.105. The number of nitrogens with zero attached hydrogens (tertiary/aromatic N) is 1. The van der Waals surface area contributed by atoms with Crippen LogP contribution in [0.3, 0.4) is 0 Å². The van der Waals surface area contributed by atoms with Gasteiger partial charge < -0.3 is 14.6 Å². The lowest BCUT2D eigenvalue weighted by Gasteiger charge is -2.08. The van der Waals surface area contributed by atoms with Gasteiger partial charge in [0.2, 0.25) is 5.91 Å². The van der Waals surface area contributed by atoms with Crippen molar-refractivity contribution in [3.8, 4) is 5.75 Å². The van der Waals surface area contributed by atoms with E-state index in [1.807, 2.05) is 55.5 Å². The minimum Gasteiger partial charge on any atom is -0.494 e. The molecule has 0 atom stereocenters. The van der Waals surface area contributed by atoms with Crippen molar-refractivity contribution in [2.45, 2.75) is 20.0 Å². The van der Waals surface area contributed by atoms with Gasteiger partial charge in [-0.25, -0.2) is 0 Å². The molecule has 0 unspecified atom stereocenters. The number of carbonyl (C=O) groups excluding carboxylic acids is 2. The first kappa shape index (κ1) is 16.8. The van der Waals surface area contributed by atoms with Gasteiger partial charge in [-0.05, 0) is 30.7 Å². The third kappa shape index (κ3) is 3.88. The molecular formula is C20H20N2O3. The van der Waals surface area contributed by atoms with Crippen molar-refractivity contribution in [2.24, 2.45) is 0 Å². The Labute approximate surface area is 146 Å². The Morgan fingerprint density at radius 3 is 2.72 bits per heavy atom. The average molecular weight is 336 g/mol. The minimum atomic E-state index is -0.105. The molecule has 0 saturated carbocycles. The molecule has 3 rings (SSSR count). The fraction of sp³-hybridized carbons (Fsp3) is 0.200. The number of hydrogen-bond acceptors (Lipinski definition) is 3. The summed E-state index contributed by atoms with van der Waals surface area (Å²) in [5, 5.41) is 3.69. The standard InChI is InChI=1S/C20H20N2O3/c1-2-25-17-8-9-19-18(10-17)16(14-23)12-22(19)13-20(24)21-11-15-6-4-3-5-7-15/h3-10,12,14H,2,11,13H2,1H3,(H,21,24). The summed E-state index contributed by atoms with van der Waals surface area (Å²) in [5.74, 6) is 0.608. The molecule has 0 bridgehead atoms. The number of ether oxygens (including phenoxy) is 1. The van der Waals surface area contributed by atoms with Crippen LogP contribution in [0.4, 0.5) is 0 Å². The fourth-order valence-corrected chi connectivity index (χ4v) is 2.79. The normalized spacial score (nSPS) is 10.6. The first-order valence-electron chi connectivity index (χ1n) is 8.22. The van der Waals surface area contributed by atoms with Crippen molar-refractivity contribution >= 4 is 23.1 Å². The van der Waals surface area contributed by atoms with E-state index in [9.17, 15) is 9.59 Å². The van der Waals surface area contributed by atoms with Gasteiger partial charge in [0.15, 0.2) is 6.29 Å². The van der Waals surface area contributed by atoms with E-state index in [1.165, 1.54) is 0 Å². The number of rotatable bonds is 7. The number of aromatic nitrogens is 1. The molecule has 25 heavy (non-hydrogen) atoms. The Balaban J connectivity index is 1.76. The highest BCUT2D eigenvalue weighted by Crippen LogP contribution is 2.25. The van der Waals surface area contributed by atoms with Crippen LogP contribution in [0.25, 0.3) is 10.9 Å². The predicted molar refractivity (Wildman–Crippen MR) is 96.8 cm³/mol. The number of nitrogens with one attached hydrogen (secondary N) is 1. The molecule has 0 radical (unpaired) electrons. The van der Waals surface area contributed by atoms with E-state index in [-0.39, 0.29) is 12.5 Å². The quantitative estimate of drug-likeness (QED) is 0.674. The highest BCUT2D eigenvalue weighted by Gasteiger charge is 2.12. The predicted octanol–water partition coefficient (Wildman–Crippen LogP) is 3.17. The third-order valence-corrected chi connectivity index (χ3v) is 3.97. The van der Waals surface area contributed by atoms with Crippen LogP contribution in [-0.4, -0.2) is 23.4 Å². The van der Waals surface area contributed by atoms with Crippen LogP contribution in [-0.2, 0) is 17.9 Å². The number of benzene rings is 2. The second-order valence-corrected chi connectivity index (χ2v) is 5.70. The SMILES string of the molecule is CCOc1ccc2c(c1)c(C=O)cn2CC(=O)NCc1ccccc1. The van der Waals surface area contributed by atoms with Gasteiger partial charge in [-0.3, -0.25) is 9.59 Å². The topological polar surface area (TPSA) is 60.3 Å². The number of aldehydes is 1. The Hall–Kier alpha value is -3.08. The lowest BCUT2D eigenvalue weighted by molar-refractivity contribution is -0.121. The van der Waals surface area contributed by atoms with E-state index in [4.69, 9.17) is 4.74 Å². The maximum atomic E-state index is 12.3. The zero-order chi connectivity index (χ0) is 17.6. The highest BCUT2D eigenvalue weighted by atomic mass is 16.5. The molecule has 2 aromatic carbocycles. The third-order valence-electron chi connectivity index (χ3n) is 3.97. The Morgan fingerprint density at radius 2 is 2.00 bits per heavy atom. The zero-order valence-electron chi connectivity index (χ0n) is 14.1. The van der Waals surface area contributed by atoms with Gasteiger partial charge in [0.05, 0.1) is 6.61 Å². The van der Waals surface area contributed by atoms with Crippen molar-refractivity contribution < 1.29 is 14.3 Å². The van der Waals surface area contributed by atoms with Crippen LogP contribution >= 0.6 is 0 Å². The van der Waals surface area contributed by atoms with Gasteiger partial charge in [0.1, 0.15) is 12.3 Å². The molecule has 128 valence electrons. The first-order chi connectivity index (χ1) is 12.2. The van der Waals surface area contributed by atoms with Crippen LogP contribution in [0.15, 0.2) is 54.7 Å². The number of fused-ring (bicyclic) bond motifs is 1. The van der Waals surface area contributed by atoms with Gasteiger partial charge in [-0.2, -0.15) is 0 Å². The van der Waals surface area contributed by atoms with Gasteiger partial charge in [0, 0.05) is 29.2 Å². The number of hydrogen-bond donors (Lipinski definition) is 1. The Bertz CT molecular complexity index is 885. The van der Waals surface area contributed by atoms with Gasteiger partial charge in [-0.15, -0.1) is 0 Å². The van der Waals surface area contributed by atoms with E-state index in [0.717, 1.165) is 22.8 Å². The van der Waals surface area contributed by atoms with E-state index < -0.39 is 0 Å². The van der Waals surface area contributed by atoms with Crippen molar-refractivity contribution in [3.63, 3.8) is 0 Å². The van der Waals surface area contributed by atoms with Crippen molar-refractivity contribution in [1.82, 2.24) is 9.88 Å². The highest BCUT2D eigenvalue weighted by molar-refractivity contribution is 5.98. The molecule has 0 fully saturated rings. The molecule has 5 heteroatoms. The van der Waals surface area contributed by atoms with Gasteiger partial charge >= 0.3 is 0 Å². The summed E-state index contributed by atoms with van der Waals surface area (Å²) in [6.45, 7) is 3.11. The van der Waals surface area contributed by atoms with E-state index in [0.29, 0.717) is 24.5 Å². The summed E-state index contributed by atoms with van der Waals surface area (Å²) in [5.41, 5.74) is 2.43. The van der Waals surface area contributed by atoms with E-state index >= 15 is 0 Å². The van der Waals surface area contributed by atoms with Crippen LogP contribution in [0.2, 0.25) is 0 Å². The van der Waals surface area contributed by atoms with Gasteiger partial charge in [0.25, 0.3) is 0 Å². The van der Waals surface area contributed by atoms with Crippen LogP contribution in [0.1, 0.15) is 22.8 Å². The summed E-state index contributed by atoms with van der Waals surface area (Å²) in [6, 6.07) is 15.3. The summed E-state index contributed by atoms with van der Waals surface area (Å²) in [7, 11) is 0. The maximum Gasteiger partial charge on any atom is 0.240 e. The van der Waals surface area contributed by atoms with Crippen LogP contribution in [0.5, 0.6) is 5.75 Å². The number of amides is 1.